The van der Waals surface area contributed by atoms with Crippen molar-refractivity contribution in [3.05, 3.63) is 73.0 Å². The fourth-order valence-electron chi connectivity index (χ4n) is 6.19. The Kier molecular flexibility index (Phi) is 9.56. The van der Waals surface area contributed by atoms with Crippen molar-refractivity contribution < 1.29 is 47.5 Å². The third-order valence-corrected chi connectivity index (χ3v) is 10.3. The van der Waals surface area contributed by atoms with Crippen molar-refractivity contribution in [1.82, 2.24) is 34.2 Å². The summed E-state index contributed by atoms with van der Waals surface area (Å²) in [7, 11) is -3.06. The van der Waals surface area contributed by atoms with Crippen LogP contribution in [0.15, 0.2) is 45.1 Å². The highest BCUT2D eigenvalue weighted by atomic mass is 31.2. The first-order chi connectivity index (χ1) is 24.5. The average Bonchev–Trinajstić information content (AvgIpc) is 3.90. The largest absolute Gasteiger partial charge is 0.454 e. The first-order valence-electron chi connectivity index (χ1n) is 15.7. The van der Waals surface area contributed by atoms with Gasteiger partial charge in [-0.2, -0.15) is 4.98 Å². The SMILES string of the molecule is CO[C@H]1C(O)[C@@H](COP(=O)(NCc2cccc3c2OCO3)OC2C[C@H](n3cc(C)c(=O)[nH]c3=O)O[C@@H]2CO)O[C@H]1n1cnc2c(=O)[nH]c(N)nc21. The molecular weight excluding hydrogens is 699 g/mol. The summed E-state index contributed by atoms with van der Waals surface area (Å²) >= 11 is 0. The summed E-state index contributed by atoms with van der Waals surface area (Å²) in [5, 5.41) is 24.2. The number of nitrogens with two attached hydrogens (primary N) is 1. The fourth-order valence-corrected chi connectivity index (χ4v) is 7.70. The molecule has 3 aromatic heterocycles. The molecule has 274 valence electrons. The van der Waals surface area contributed by atoms with Crippen molar-refractivity contribution in [2.24, 2.45) is 0 Å². The number of rotatable bonds is 12. The summed E-state index contributed by atoms with van der Waals surface area (Å²) in [6.07, 6.45) is -5.16. The smallest absolute Gasteiger partial charge is 0.406 e. The van der Waals surface area contributed by atoms with Crippen molar-refractivity contribution in [2.75, 3.05) is 32.9 Å². The highest BCUT2D eigenvalue weighted by molar-refractivity contribution is 7.51. The first kappa shape index (κ1) is 35.0. The van der Waals surface area contributed by atoms with Gasteiger partial charge in [-0.3, -0.25) is 37.7 Å². The minimum atomic E-state index is -4.40. The zero-order chi connectivity index (χ0) is 36.0. The number of H-pyrrole nitrogens is 2. The van der Waals surface area contributed by atoms with Gasteiger partial charge in [-0.05, 0) is 13.0 Å². The summed E-state index contributed by atoms with van der Waals surface area (Å²) in [6, 6.07) is 5.16. The van der Waals surface area contributed by atoms with Crippen LogP contribution in [-0.4, -0.2) is 96.9 Å². The highest BCUT2D eigenvalue weighted by Crippen LogP contribution is 2.50. The first-order valence-corrected chi connectivity index (χ1v) is 17.3. The number of hydrogen-bond acceptors (Lipinski definition) is 16. The summed E-state index contributed by atoms with van der Waals surface area (Å²) in [4.78, 5) is 49.7. The number of fused-ring (bicyclic) bond motifs is 2. The number of imidazole rings is 1. The Morgan fingerprint density at radius 2 is 1.96 bits per heavy atom. The van der Waals surface area contributed by atoms with Gasteiger partial charge >= 0.3 is 13.4 Å². The number of aryl methyl sites for hydroxylation is 1. The number of benzene rings is 1. The van der Waals surface area contributed by atoms with Gasteiger partial charge in [0.05, 0.1) is 19.5 Å². The molecule has 3 aliphatic rings. The summed E-state index contributed by atoms with van der Waals surface area (Å²) < 4.78 is 57.6. The number of ether oxygens (including phenoxy) is 5. The van der Waals surface area contributed by atoms with E-state index in [9.17, 15) is 29.2 Å². The molecule has 0 aliphatic carbocycles. The quantitative estimate of drug-likeness (QED) is 0.0966. The number of aromatic nitrogens is 6. The normalized spacial score (nSPS) is 26.9. The maximum atomic E-state index is 14.6. The molecule has 3 unspecified atom stereocenters. The van der Waals surface area contributed by atoms with Crippen LogP contribution in [0, 0.1) is 6.92 Å². The molecule has 51 heavy (non-hydrogen) atoms. The van der Waals surface area contributed by atoms with E-state index in [-0.39, 0.29) is 42.4 Å². The zero-order valence-corrected chi connectivity index (χ0v) is 28.1. The van der Waals surface area contributed by atoms with Crippen LogP contribution in [0.1, 0.15) is 30.0 Å². The minimum Gasteiger partial charge on any atom is -0.454 e. The molecule has 1 aromatic carbocycles. The van der Waals surface area contributed by atoms with Crippen LogP contribution < -0.4 is 37.1 Å². The topological polar surface area (TPSA) is 279 Å². The second kappa shape index (κ2) is 13.9. The van der Waals surface area contributed by atoms with E-state index in [1.807, 2.05) is 0 Å². The lowest BCUT2D eigenvalue weighted by atomic mass is 10.1. The number of nitrogens with one attached hydrogen (secondary N) is 3. The number of anilines is 1. The van der Waals surface area contributed by atoms with Gasteiger partial charge in [0.1, 0.15) is 36.7 Å². The maximum absolute atomic E-state index is 14.6. The average molecular weight is 735 g/mol. The number of para-hydroxylation sites is 1. The van der Waals surface area contributed by atoms with Gasteiger partial charge < -0.3 is 39.6 Å². The molecule has 0 bridgehead atoms. The molecule has 6 heterocycles. The third-order valence-electron chi connectivity index (χ3n) is 8.75. The molecule has 4 aromatic rings. The molecule has 7 N–H and O–H groups in total. The molecule has 21 nitrogen and oxygen atoms in total. The number of nitrogen functional groups attached to an aromatic ring is 1. The number of aliphatic hydroxyl groups excluding tert-OH is 2. The van der Waals surface area contributed by atoms with E-state index in [0.29, 0.717) is 17.1 Å². The van der Waals surface area contributed by atoms with E-state index in [1.165, 1.54) is 31.1 Å². The lowest BCUT2D eigenvalue weighted by Crippen LogP contribution is -2.36. The third kappa shape index (κ3) is 6.70. The van der Waals surface area contributed by atoms with Gasteiger partial charge in [0, 0.05) is 37.4 Å². The van der Waals surface area contributed by atoms with Crippen LogP contribution in [0.3, 0.4) is 0 Å². The second-order valence-electron chi connectivity index (χ2n) is 12.0. The zero-order valence-electron chi connectivity index (χ0n) is 27.2. The molecule has 0 saturated carbocycles. The molecule has 0 spiro atoms. The van der Waals surface area contributed by atoms with Crippen molar-refractivity contribution in [1.29, 1.82) is 0 Å². The molecule has 3 aliphatic heterocycles. The van der Waals surface area contributed by atoms with Gasteiger partial charge in [0.2, 0.25) is 12.7 Å². The van der Waals surface area contributed by atoms with Crippen LogP contribution in [0.25, 0.3) is 11.2 Å². The summed E-state index contributed by atoms with van der Waals surface area (Å²) in [6.45, 7) is 0.347. The van der Waals surface area contributed by atoms with Crippen LogP contribution in [0.4, 0.5) is 5.95 Å². The van der Waals surface area contributed by atoms with Crippen molar-refractivity contribution in [3.63, 3.8) is 0 Å². The van der Waals surface area contributed by atoms with E-state index < -0.39 is 80.7 Å². The predicted octanol–water partition coefficient (Wildman–Crippen LogP) is -0.858. The summed E-state index contributed by atoms with van der Waals surface area (Å²) in [5.41, 5.74) is 4.75. The van der Waals surface area contributed by atoms with Gasteiger partial charge in [0.15, 0.2) is 28.9 Å². The van der Waals surface area contributed by atoms with E-state index in [2.05, 4.69) is 25.0 Å². The Labute approximate surface area is 286 Å². The molecule has 2 saturated heterocycles. The van der Waals surface area contributed by atoms with Gasteiger partial charge in [-0.25, -0.2) is 19.4 Å². The number of aromatic amines is 2. The van der Waals surface area contributed by atoms with Gasteiger partial charge in [-0.1, -0.05) is 12.1 Å². The van der Waals surface area contributed by atoms with Crippen molar-refractivity contribution in [3.8, 4) is 11.5 Å². The van der Waals surface area contributed by atoms with Gasteiger partial charge in [-0.15, -0.1) is 0 Å². The number of methoxy groups -OCH3 is 1. The van der Waals surface area contributed by atoms with Crippen LogP contribution in [-0.2, 0) is 34.4 Å². The second-order valence-corrected chi connectivity index (χ2v) is 13.8. The van der Waals surface area contributed by atoms with E-state index in [1.54, 1.807) is 18.2 Å². The fraction of sp³-hybridized carbons (Fsp3) is 0.483. The summed E-state index contributed by atoms with van der Waals surface area (Å²) in [5.74, 6) is 0.763. The number of aliphatic hydroxyl groups is 2. The number of nitrogens with zero attached hydrogens (tertiary/aromatic N) is 4. The monoisotopic (exact) mass is 734 g/mol. The molecular formula is C29H35N8O13P. The number of hydrogen-bond donors (Lipinski definition) is 6. The van der Waals surface area contributed by atoms with Gasteiger partial charge in [0.25, 0.3) is 11.1 Å². The Balaban J connectivity index is 1.13. The Morgan fingerprint density at radius 1 is 1.14 bits per heavy atom. The molecule has 7 rings (SSSR count). The molecule has 8 atom stereocenters. The van der Waals surface area contributed by atoms with Crippen molar-refractivity contribution >= 4 is 24.9 Å². The van der Waals surface area contributed by atoms with E-state index >= 15 is 0 Å². The predicted molar refractivity (Wildman–Crippen MR) is 173 cm³/mol. The lowest BCUT2D eigenvalue weighted by molar-refractivity contribution is -0.0600. The molecule has 0 amide bonds. The lowest BCUT2D eigenvalue weighted by Gasteiger charge is -2.26. The molecule has 0 radical (unpaired) electrons. The van der Waals surface area contributed by atoms with E-state index in [0.717, 1.165) is 4.57 Å². The van der Waals surface area contributed by atoms with Crippen LogP contribution in [0.5, 0.6) is 11.5 Å². The Bertz CT molecular complexity index is 2150. The minimum absolute atomic E-state index is 0.00101. The standard InChI is InChI=1S/C29H35N8O13P/c1-13-8-36(29(42)35-25(13)40)19-6-16(17(9-38)48-19)50-51(43,32-7-14-4-3-5-15-22(14)46-12-45-15)47-10-18-21(39)23(44-2)27(49-18)37-11-31-20-24(37)33-28(30)34-26(20)41/h3-5,8,11,16-19,21,23,27,38-39H,6-7,9-10,12H2,1-2H3,(H,32,43)(H,35,40,42)(H3,30,33,34,41)/t16?,17-,18-,19-,21?,23+,27-,51?/m1/s1. The highest BCUT2D eigenvalue weighted by Gasteiger charge is 2.48. The van der Waals surface area contributed by atoms with E-state index in [4.69, 9.17) is 38.5 Å². The molecule has 2 fully saturated rings. The Hall–Kier alpha value is -4.44. The van der Waals surface area contributed by atoms with Crippen molar-refractivity contribution in [2.45, 2.75) is 62.9 Å². The van der Waals surface area contributed by atoms with Crippen LogP contribution >= 0.6 is 7.75 Å². The maximum Gasteiger partial charge on any atom is 0.406 e. The van der Waals surface area contributed by atoms with Crippen LogP contribution in [0.2, 0.25) is 0 Å². The molecule has 22 heteroatoms. The Morgan fingerprint density at radius 3 is 2.75 bits per heavy atom.